The summed E-state index contributed by atoms with van der Waals surface area (Å²) in [6, 6.07) is 0.0714. The number of amides is 2. The average Bonchev–Trinajstić information content (AvgIpc) is 3.22. The van der Waals surface area contributed by atoms with Gasteiger partial charge in [-0.1, -0.05) is 12.8 Å². The van der Waals surface area contributed by atoms with Crippen LogP contribution in [0, 0.1) is 0 Å². The van der Waals surface area contributed by atoms with Gasteiger partial charge in [-0.2, -0.15) is 0 Å². The van der Waals surface area contributed by atoms with E-state index in [4.69, 9.17) is 0 Å². The summed E-state index contributed by atoms with van der Waals surface area (Å²) in [6.07, 6.45) is 7.43. The van der Waals surface area contributed by atoms with Crippen LogP contribution in [0.2, 0.25) is 0 Å². The molecule has 1 aliphatic carbocycles. The lowest BCUT2D eigenvalue weighted by Crippen LogP contribution is -2.48. The van der Waals surface area contributed by atoms with Gasteiger partial charge in [0.15, 0.2) is 5.41 Å². The number of carbonyl (C=O) groups is 2. The maximum absolute atomic E-state index is 13.2. The summed E-state index contributed by atoms with van der Waals surface area (Å²) < 4.78 is 11.7. The highest BCUT2D eigenvalue weighted by molar-refractivity contribution is 7.84. The van der Waals surface area contributed by atoms with Gasteiger partial charge < -0.3 is 5.32 Å². The van der Waals surface area contributed by atoms with E-state index in [-0.39, 0.29) is 23.0 Å². The quantitative estimate of drug-likeness (QED) is 0.619. The first-order valence-electron chi connectivity index (χ1n) is 7.88. The maximum atomic E-state index is 13.2. The van der Waals surface area contributed by atoms with Crippen molar-refractivity contribution in [2.24, 2.45) is 0 Å². The Morgan fingerprint density at radius 3 is 2.70 bits per heavy atom. The molecule has 1 aromatic rings. The third kappa shape index (κ3) is 1.90. The van der Waals surface area contributed by atoms with Gasteiger partial charge in [0.1, 0.15) is 5.82 Å². The third-order valence-corrected chi connectivity index (χ3v) is 5.85. The number of fused-ring (bicyclic) bond motifs is 2. The normalized spacial score (nSPS) is 28.5. The summed E-state index contributed by atoms with van der Waals surface area (Å²) in [6.45, 7) is 0.476. The van der Waals surface area contributed by atoms with Crippen LogP contribution >= 0.6 is 0 Å². The zero-order chi connectivity index (χ0) is 16.2. The predicted octanol–water partition coefficient (Wildman–Crippen LogP) is 0.261. The fraction of sp³-hybridized carbons (Fsp3) is 0.600. The first-order valence-corrected chi connectivity index (χ1v) is 9.44. The Hall–Kier alpha value is -1.83. The van der Waals surface area contributed by atoms with Gasteiger partial charge in [-0.3, -0.25) is 18.7 Å². The highest BCUT2D eigenvalue weighted by Gasteiger charge is 2.60. The Labute approximate surface area is 136 Å². The monoisotopic (exact) mass is 334 g/mol. The molecular formula is C15H18N4O3S. The minimum atomic E-state index is -1.33. The number of nitrogens with zero attached hydrogens (tertiary/aromatic N) is 3. The number of hydrogen-bond acceptors (Lipinski definition) is 5. The van der Waals surface area contributed by atoms with Crippen molar-refractivity contribution in [1.82, 2.24) is 15.3 Å². The van der Waals surface area contributed by atoms with Crippen LogP contribution in [0.25, 0.3) is 0 Å². The number of carbonyl (C=O) groups excluding carboxylic acids is 2. The molecule has 1 N–H and O–H groups in total. The fourth-order valence-corrected chi connectivity index (χ4v) is 4.40. The van der Waals surface area contributed by atoms with E-state index in [9.17, 15) is 13.8 Å². The van der Waals surface area contributed by atoms with E-state index in [1.165, 1.54) is 12.5 Å². The molecule has 3 heterocycles. The summed E-state index contributed by atoms with van der Waals surface area (Å²) in [4.78, 5) is 35.9. The number of anilines is 1. The van der Waals surface area contributed by atoms with Gasteiger partial charge in [-0.15, -0.1) is 0 Å². The first-order chi connectivity index (χ1) is 11.1. The van der Waals surface area contributed by atoms with Crippen LogP contribution in [0.5, 0.6) is 0 Å². The van der Waals surface area contributed by atoms with E-state index < -0.39 is 16.2 Å². The van der Waals surface area contributed by atoms with Crippen molar-refractivity contribution in [1.29, 1.82) is 0 Å². The van der Waals surface area contributed by atoms with Gasteiger partial charge in [0.05, 0.1) is 10.8 Å². The van der Waals surface area contributed by atoms with Crippen LogP contribution in [-0.4, -0.2) is 44.8 Å². The smallest absolute Gasteiger partial charge is 0.248 e. The van der Waals surface area contributed by atoms with Gasteiger partial charge >= 0.3 is 0 Å². The summed E-state index contributed by atoms with van der Waals surface area (Å²) in [5.41, 5.74) is -0.621. The molecule has 2 unspecified atom stereocenters. The molecule has 2 atom stereocenters. The molecule has 2 aliphatic heterocycles. The van der Waals surface area contributed by atoms with Gasteiger partial charge in [0.25, 0.3) is 0 Å². The molecule has 0 aromatic carbocycles. The Morgan fingerprint density at radius 1 is 1.35 bits per heavy atom. The summed E-state index contributed by atoms with van der Waals surface area (Å²) in [7, 11) is -1.33. The second kappa shape index (κ2) is 5.09. The van der Waals surface area contributed by atoms with E-state index in [0.717, 1.165) is 25.7 Å². The third-order valence-electron chi connectivity index (χ3n) is 5.14. The molecule has 1 spiro atoms. The van der Waals surface area contributed by atoms with Crippen LogP contribution in [0.4, 0.5) is 5.82 Å². The minimum Gasteiger partial charge on any atom is -0.355 e. The summed E-state index contributed by atoms with van der Waals surface area (Å²) >= 11 is 0. The maximum Gasteiger partial charge on any atom is 0.248 e. The number of nitrogens with one attached hydrogen (secondary N) is 1. The lowest BCUT2D eigenvalue weighted by atomic mass is 9.81. The van der Waals surface area contributed by atoms with Crippen LogP contribution in [0.3, 0.4) is 0 Å². The Bertz CT molecular complexity index is 731. The minimum absolute atomic E-state index is 0.0714. The molecule has 8 heteroatoms. The highest BCUT2D eigenvalue weighted by Crippen LogP contribution is 2.47. The van der Waals surface area contributed by atoms with E-state index in [0.29, 0.717) is 24.3 Å². The highest BCUT2D eigenvalue weighted by atomic mass is 32.2. The Balaban J connectivity index is 1.90. The SMILES string of the molecule is CS(=O)c1ncc2c(n1)N(C1CCCC1)C(=O)C21CCNC1=O. The van der Waals surface area contributed by atoms with Crippen molar-refractivity contribution in [3.8, 4) is 0 Å². The zero-order valence-corrected chi connectivity index (χ0v) is 13.7. The van der Waals surface area contributed by atoms with Gasteiger partial charge in [-0.25, -0.2) is 9.97 Å². The molecule has 1 aromatic heterocycles. The van der Waals surface area contributed by atoms with Crippen molar-refractivity contribution in [3.05, 3.63) is 11.8 Å². The molecule has 1 saturated heterocycles. The number of aromatic nitrogens is 2. The molecule has 0 radical (unpaired) electrons. The van der Waals surface area contributed by atoms with Gasteiger partial charge in [0.2, 0.25) is 17.0 Å². The summed E-state index contributed by atoms with van der Waals surface area (Å²) in [5, 5.41) is 2.97. The van der Waals surface area contributed by atoms with Crippen LogP contribution in [0.15, 0.2) is 11.4 Å². The molecule has 0 bridgehead atoms. The largest absolute Gasteiger partial charge is 0.355 e. The molecule has 122 valence electrons. The van der Waals surface area contributed by atoms with Crippen molar-refractivity contribution < 1.29 is 13.8 Å². The number of rotatable bonds is 2. The van der Waals surface area contributed by atoms with Crippen LogP contribution < -0.4 is 10.2 Å². The van der Waals surface area contributed by atoms with E-state index in [2.05, 4.69) is 15.3 Å². The van der Waals surface area contributed by atoms with E-state index >= 15 is 0 Å². The second-order valence-corrected chi connectivity index (χ2v) is 7.64. The van der Waals surface area contributed by atoms with Gasteiger partial charge in [0, 0.05) is 30.6 Å². The van der Waals surface area contributed by atoms with Crippen molar-refractivity contribution in [2.75, 3.05) is 17.7 Å². The molecular weight excluding hydrogens is 316 g/mol. The van der Waals surface area contributed by atoms with E-state index in [1.807, 2.05) is 0 Å². The lowest BCUT2D eigenvalue weighted by Gasteiger charge is -2.26. The molecule has 23 heavy (non-hydrogen) atoms. The molecule has 2 amide bonds. The first kappa shape index (κ1) is 14.7. The average molecular weight is 334 g/mol. The summed E-state index contributed by atoms with van der Waals surface area (Å²) in [5.74, 6) is 0.0279. The molecule has 2 fully saturated rings. The van der Waals surface area contributed by atoms with E-state index in [1.54, 1.807) is 4.90 Å². The van der Waals surface area contributed by atoms with Crippen molar-refractivity contribution >= 4 is 28.4 Å². The van der Waals surface area contributed by atoms with Crippen LogP contribution in [-0.2, 0) is 25.8 Å². The Kier molecular flexibility index (Phi) is 3.26. The topological polar surface area (TPSA) is 92.3 Å². The van der Waals surface area contributed by atoms with Gasteiger partial charge in [-0.05, 0) is 19.3 Å². The lowest BCUT2D eigenvalue weighted by molar-refractivity contribution is -0.133. The molecule has 7 nitrogen and oxygen atoms in total. The molecule has 3 aliphatic rings. The van der Waals surface area contributed by atoms with Crippen LogP contribution in [0.1, 0.15) is 37.7 Å². The molecule has 1 saturated carbocycles. The fourth-order valence-electron chi connectivity index (χ4n) is 3.99. The van der Waals surface area contributed by atoms with Crippen molar-refractivity contribution in [2.45, 2.75) is 48.7 Å². The zero-order valence-electron chi connectivity index (χ0n) is 12.9. The standard InChI is InChI=1S/C15H18N4O3S/c1-23(22)14-17-8-10-11(18-14)19(9-4-2-3-5-9)13(21)15(10)6-7-16-12(15)20/h8-9H,2-7H2,1H3,(H,16,20). The molecule has 4 rings (SSSR count). The predicted molar refractivity (Wildman–Crippen MR) is 83.4 cm³/mol. The Morgan fingerprint density at radius 2 is 2.09 bits per heavy atom. The number of hydrogen-bond donors (Lipinski definition) is 1. The second-order valence-electron chi connectivity index (χ2n) is 6.37. The van der Waals surface area contributed by atoms with Crippen molar-refractivity contribution in [3.63, 3.8) is 0 Å².